The SMILES string of the molecule is O=C=NC(C(=O)O)C1CC1. The van der Waals surface area contributed by atoms with Crippen LogP contribution in [0.4, 0.5) is 0 Å². The average Bonchev–Trinajstić information content (AvgIpc) is 2.63. The zero-order valence-corrected chi connectivity index (χ0v) is 5.28. The summed E-state index contributed by atoms with van der Waals surface area (Å²) in [5.41, 5.74) is 0. The van der Waals surface area contributed by atoms with Crippen molar-refractivity contribution in [3.8, 4) is 0 Å². The van der Waals surface area contributed by atoms with Crippen molar-refractivity contribution in [3.05, 3.63) is 0 Å². The Labute approximate surface area is 57.6 Å². The number of rotatable bonds is 3. The van der Waals surface area contributed by atoms with Gasteiger partial charge >= 0.3 is 5.97 Å². The molecule has 0 radical (unpaired) electrons. The van der Waals surface area contributed by atoms with Crippen LogP contribution in [0.3, 0.4) is 0 Å². The molecule has 1 saturated carbocycles. The number of carboxylic acid groups (broad SMARTS) is 1. The van der Waals surface area contributed by atoms with E-state index in [1.165, 1.54) is 6.08 Å². The summed E-state index contributed by atoms with van der Waals surface area (Å²) >= 11 is 0. The molecule has 4 heteroatoms. The van der Waals surface area contributed by atoms with Gasteiger partial charge in [0, 0.05) is 0 Å². The molecule has 1 fully saturated rings. The standard InChI is InChI=1S/C6H7NO3/c8-3-7-5(6(9)10)4-1-2-4/h4-5H,1-2H2,(H,9,10). The second kappa shape index (κ2) is 2.62. The van der Waals surface area contributed by atoms with Crippen molar-refractivity contribution in [2.45, 2.75) is 18.9 Å². The van der Waals surface area contributed by atoms with E-state index in [1.807, 2.05) is 0 Å². The summed E-state index contributed by atoms with van der Waals surface area (Å²) in [6, 6.07) is -0.836. The largest absolute Gasteiger partial charge is 0.480 e. The van der Waals surface area contributed by atoms with Crippen molar-refractivity contribution < 1.29 is 14.7 Å². The predicted molar refractivity (Wildman–Crippen MR) is 32.3 cm³/mol. The fraction of sp³-hybridized carbons (Fsp3) is 0.667. The zero-order valence-electron chi connectivity index (χ0n) is 5.28. The highest BCUT2D eigenvalue weighted by Crippen LogP contribution is 2.34. The third-order valence-electron chi connectivity index (χ3n) is 1.51. The average molecular weight is 141 g/mol. The highest BCUT2D eigenvalue weighted by molar-refractivity contribution is 5.75. The number of nitrogens with zero attached hydrogens (tertiary/aromatic N) is 1. The number of hydrogen-bond acceptors (Lipinski definition) is 3. The molecule has 0 aromatic carbocycles. The van der Waals surface area contributed by atoms with E-state index >= 15 is 0 Å². The molecular formula is C6H7NO3. The molecule has 1 aliphatic carbocycles. The third-order valence-corrected chi connectivity index (χ3v) is 1.51. The number of carboxylic acids is 1. The first-order valence-corrected chi connectivity index (χ1v) is 3.05. The van der Waals surface area contributed by atoms with Gasteiger partial charge in [-0.05, 0) is 18.8 Å². The molecule has 0 saturated heterocycles. The van der Waals surface area contributed by atoms with Gasteiger partial charge in [0.25, 0.3) is 0 Å². The van der Waals surface area contributed by atoms with E-state index in [4.69, 9.17) is 5.11 Å². The third kappa shape index (κ3) is 1.42. The molecular weight excluding hydrogens is 134 g/mol. The summed E-state index contributed by atoms with van der Waals surface area (Å²) in [5.74, 6) is -0.940. The maximum absolute atomic E-state index is 10.3. The van der Waals surface area contributed by atoms with Crippen LogP contribution in [0.5, 0.6) is 0 Å². The van der Waals surface area contributed by atoms with Crippen molar-refractivity contribution in [2.24, 2.45) is 10.9 Å². The smallest absolute Gasteiger partial charge is 0.329 e. The highest BCUT2D eigenvalue weighted by Gasteiger charge is 2.36. The van der Waals surface area contributed by atoms with Gasteiger partial charge in [0.1, 0.15) is 0 Å². The van der Waals surface area contributed by atoms with Crippen molar-refractivity contribution >= 4 is 12.0 Å². The van der Waals surface area contributed by atoms with Gasteiger partial charge in [-0.2, -0.15) is 4.99 Å². The topological polar surface area (TPSA) is 66.7 Å². The molecule has 1 atom stereocenters. The lowest BCUT2D eigenvalue weighted by atomic mass is 10.2. The Morgan fingerprint density at radius 3 is 2.60 bits per heavy atom. The second-order valence-corrected chi connectivity index (χ2v) is 2.34. The summed E-state index contributed by atoms with van der Waals surface area (Å²) in [5, 5.41) is 8.44. The van der Waals surface area contributed by atoms with Gasteiger partial charge in [-0.1, -0.05) is 0 Å². The van der Waals surface area contributed by atoms with E-state index in [9.17, 15) is 9.59 Å². The van der Waals surface area contributed by atoms with Crippen LogP contribution in [-0.4, -0.2) is 23.2 Å². The van der Waals surface area contributed by atoms with Crippen LogP contribution in [0.1, 0.15) is 12.8 Å². The van der Waals surface area contributed by atoms with Gasteiger partial charge in [-0.15, -0.1) is 0 Å². The monoisotopic (exact) mass is 141 g/mol. The quantitative estimate of drug-likeness (QED) is 0.450. The van der Waals surface area contributed by atoms with Crippen molar-refractivity contribution in [1.29, 1.82) is 0 Å². The summed E-state index contributed by atoms with van der Waals surface area (Å²) in [6.45, 7) is 0. The Morgan fingerprint density at radius 2 is 2.30 bits per heavy atom. The maximum atomic E-state index is 10.3. The van der Waals surface area contributed by atoms with Gasteiger partial charge in [0.15, 0.2) is 6.04 Å². The van der Waals surface area contributed by atoms with Crippen LogP contribution < -0.4 is 0 Å². The van der Waals surface area contributed by atoms with E-state index in [-0.39, 0.29) is 5.92 Å². The first-order chi connectivity index (χ1) is 4.75. The summed E-state index contributed by atoms with van der Waals surface area (Å²) in [7, 11) is 0. The van der Waals surface area contributed by atoms with Crippen LogP contribution in [0.2, 0.25) is 0 Å². The Bertz CT molecular complexity index is 189. The Morgan fingerprint density at radius 1 is 1.70 bits per heavy atom. The number of aliphatic carboxylic acids is 1. The van der Waals surface area contributed by atoms with Gasteiger partial charge in [-0.25, -0.2) is 9.59 Å². The van der Waals surface area contributed by atoms with Gasteiger partial charge < -0.3 is 5.11 Å². The lowest BCUT2D eigenvalue weighted by Crippen LogP contribution is -2.19. The number of isocyanates is 1. The molecule has 10 heavy (non-hydrogen) atoms. The molecule has 0 heterocycles. The normalized spacial score (nSPS) is 19.2. The van der Waals surface area contributed by atoms with Crippen LogP contribution in [0, 0.1) is 5.92 Å². The molecule has 0 spiro atoms. The van der Waals surface area contributed by atoms with Crippen molar-refractivity contribution in [3.63, 3.8) is 0 Å². The fourth-order valence-electron chi connectivity index (χ4n) is 0.831. The van der Waals surface area contributed by atoms with E-state index in [2.05, 4.69) is 4.99 Å². The summed E-state index contributed by atoms with van der Waals surface area (Å²) < 4.78 is 0. The molecule has 0 aromatic rings. The first-order valence-electron chi connectivity index (χ1n) is 3.05. The Kier molecular flexibility index (Phi) is 1.83. The van der Waals surface area contributed by atoms with E-state index < -0.39 is 12.0 Å². The molecule has 54 valence electrons. The van der Waals surface area contributed by atoms with E-state index in [1.54, 1.807) is 0 Å². The molecule has 1 N–H and O–H groups in total. The number of carbonyl (C=O) groups excluding carboxylic acids is 1. The number of aliphatic imine (C=N–C) groups is 1. The molecule has 1 unspecified atom stereocenters. The summed E-state index contributed by atoms with van der Waals surface area (Å²) in [4.78, 5) is 23.2. The van der Waals surface area contributed by atoms with Crippen LogP contribution in [0.25, 0.3) is 0 Å². The first kappa shape index (κ1) is 6.96. The minimum absolute atomic E-state index is 0.0824. The maximum Gasteiger partial charge on any atom is 0.329 e. The van der Waals surface area contributed by atoms with Gasteiger partial charge in [0.2, 0.25) is 6.08 Å². The van der Waals surface area contributed by atoms with Gasteiger partial charge in [-0.3, -0.25) is 0 Å². The minimum Gasteiger partial charge on any atom is -0.480 e. The molecule has 0 aliphatic heterocycles. The zero-order chi connectivity index (χ0) is 7.56. The van der Waals surface area contributed by atoms with Crippen LogP contribution >= 0.6 is 0 Å². The minimum atomic E-state index is -1.02. The van der Waals surface area contributed by atoms with Gasteiger partial charge in [0.05, 0.1) is 0 Å². The highest BCUT2D eigenvalue weighted by atomic mass is 16.4. The second-order valence-electron chi connectivity index (χ2n) is 2.34. The van der Waals surface area contributed by atoms with Crippen LogP contribution in [0.15, 0.2) is 4.99 Å². The fourth-order valence-corrected chi connectivity index (χ4v) is 0.831. The van der Waals surface area contributed by atoms with Crippen molar-refractivity contribution in [1.82, 2.24) is 0 Å². The summed E-state index contributed by atoms with van der Waals surface area (Å²) in [6.07, 6.45) is 2.99. The molecule has 1 rings (SSSR count). The molecule has 0 amide bonds. The lowest BCUT2D eigenvalue weighted by molar-refractivity contribution is -0.138. The van der Waals surface area contributed by atoms with Crippen LogP contribution in [-0.2, 0) is 9.59 Å². The lowest BCUT2D eigenvalue weighted by Gasteiger charge is -1.99. The number of hydrogen-bond donors (Lipinski definition) is 1. The van der Waals surface area contributed by atoms with E-state index in [0.717, 1.165) is 12.8 Å². The van der Waals surface area contributed by atoms with E-state index in [0.29, 0.717) is 0 Å². The molecule has 1 aliphatic rings. The molecule has 0 bridgehead atoms. The predicted octanol–water partition coefficient (Wildman–Crippen LogP) is 0.185. The number of carbonyl (C=O) groups is 1. The van der Waals surface area contributed by atoms with Crippen molar-refractivity contribution in [2.75, 3.05) is 0 Å². The molecule has 0 aromatic heterocycles. The Balaban J connectivity index is 2.57. The molecule has 4 nitrogen and oxygen atoms in total. The Hall–Kier alpha value is -1.15.